The van der Waals surface area contributed by atoms with Crippen LogP contribution in [-0.4, -0.2) is 36.6 Å². The van der Waals surface area contributed by atoms with Crippen molar-refractivity contribution in [2.45, 2.75) is 23.8 Å². The highest BCUT2D eigenvalue weighted by Crippen LogP contribution is 2.45. The molecule has 0 amide bonds. The van der Waals surface area contributed by atoms with Crippen LogP contribution in [0.3, 0.4) is 0 Å². The van der Waals surface area contributed by atoms with Crippen LogP contribution in [0.1, 0.15) is 23.2 Å². The second-order valence-electron chi connectivity index (χ2n) is 6.46. The summed E-state index contributed by atoms with van der Waals surface area (Å²) in [6, 6.07) is 7.38. The van der Waals surface area contributed by atoms with E-state index in [2.05, 4.69) is 17.5 Å². The van der Waals surface area contributed by atoms with Crippen molar-refractivity contribution < 1.29 is 9.53 Å². The summed E-state index contributed by atoms with van der Waals surface area (Å²) < 4.78 is 5.88. The van der Waals surface area contributed by atoms with Gasteiger partial charge in [-0.1, -0.05) is 12.1 Å². The number of ether oxygens (including phenoxy) is 1. The van der Waals surface area contributed by atoms with Gasteiger partial charge in [0.05, 0.1) is 5.56 Å². The summed E-state index contributed by atoms with van der Waals surface area (Å²) >= 11 is 4.35. The van der Waals surface area contributed by atoms with Crippen LogP contribution in [-0.2, 0) is 4.74 Å². The molecular weight excluding hydrogens is 270 g/mol. The Bertz CT molecular complexity index is 517. The Hall–Kier alpha value is -1.00. The van der Waals surface area contributed by atoms with E-state index in [4.69, 9.17) is 4.74 Å². The lowest BCUT2D eigenvalue weighted by Gasteiger charge is -2.55. The number of piperidine rings is 3. The van der Waals surface area contributed by atoms with E-state index in [9.17, 15) is 4.79 Å². The summed E-state index contributed by atoms with van der Waals surface area (Å²) in [5.74, 6) is 1.71. The van der Waals surface area contributed by atoms with Crippen LogP contribution in [0.15, 0.2) is 29.2 Å². The molecule has 106 valence electrons. The fraction of sp³-hybridized carbons (Fsp3) is 0.562. The molecule has 0 spiro atoms. The van der Waals surface area contributed by atoms with Crippen molar-refractivity contribution in [3.05, 3.63) is 29.8 Å². The Kier molecular flexibility index (Phi) is 3.04. The molecule has 0 N–H and O–H groups in total. The summed E-state index contributed by atoms with van der Waals surface area (Å²) in [6.45, 7) is 3.47. The predicted octanol–water partition coefficient (Wildman–Crippen LogP) is 2.47. The van der Waals surface area contributed by atoms with Crippen LogP contribution in [0.2, 0.25) is 0 Å². The first-order valence-electron chi connectivity index (χ1n) is 7.42. The van der Waals surface area contributed by atoms with Gasteiger partial charge in [-0.05, 0) is 30.9 Å². The van der Waals surface area contributed by atoms with Crippen LogP contribution in [0, 0.1) is 17.8 Å². The second kappa shape index (κ2) is 4.78. The Morgan fingerprint density at radius 1 is 1.15 bits per heavy atom. The van der Waals surface area contributed by atoms with E-state index in [0.717, 1.165) is 19.0 Å². The zero-order valence-electron chi connectivity index (χ0n) is 11.4. The number of thiol groups is 1. The van der Waals surface area contributed by atoms with Gasteiger partial charge in [0.25, 0.3) is 0 Å². The molecule has 3 heterocycles. The van der Waals surface area contributed by atoms with Gasteiger partial charge in [0, 0.05) is 36.4 Å². The second-order valence-corrected chi connectivity index (χ2v) is 6.95. The maximum atomic E-state index is 12.4. The molecule has 4 aliphatic rings. The summed E-state index contributed by atoms with van der Waals surface area (Å²) in [4.78, 5) is 15.6. The molecule has 3 saturated heterocycles. The molecule has 0 radical (unpaired) electrons. The molecule has 2 atom stereocenters. The number of hydrogen-bond donors (Lipinski definition) is 1. The number of rotatable bonds is 2. The summed E-state index contributed by atoms with van der Waals surface area (Å²) in [5, 5.41) is 0. The SMILES string of the molecule is O=C(OC1C2CC3CC1CN(C3)C2)c1ccccc1S. The lowest BCUT2D eigenvalue weighted by molar-refractivity contribution is -0.116. The molecule has 1 aromatic carbocycles. The zero-order chi connectivity index (χ0) is 13.7. The maximum Gasteiger partial charge on any atom is 0.339 e. The first kappa shape index (κ1) is 12.7. The zero-order valence-corrected chi connectivity index (χ0v) is 12.3. The van der Waals surface area contributed by atoms with E-state index in [-0.39, 0.29) is 12.1 Å². The molecule has 1 aromatic rings. The maximum absolute atomic E-state index is 12.4. The van der Waals surface area contributed by atoms with Gasteiger partial charge >= 0.3 is 5.97 Å². The van der Waals surface area contributed by atoms with Gasteiger partial charge < -0.3 is 9.64 Å². The molecule has 20 heavy (non-hydrogen) atoms. The molecule has 5 rings (SSSR count). The average Bonchev–Trinajstić information content (AvgIpc) is 2.42. The minimum absolute atomic E-state index is 0.114. The lowest BCUT2D eigenvalue weighted by Crippen LogP contribution is -2.60. The third-order valence-corrected chi connectivity index (χ3v) is 5.46. The molecule has 3 aliphatic heterocycles. The first-order chi connectivity index (χ1) is 9.70. The normalized spacial score (nSPS) is 38.0. The van der Waals surface area contributed by atoms with Crippen LogP contribution in [0.25, 0.3) is 0 Å². The highest BCUT2D eigenvalue weighted by atomic mass is 32.1. The first-order valence-corrected chi connectivity index (χ1v) is 7.87. The van der Waals surface area contributed by atoms with E-state index in [1.807, 2.05) is 18.2 Å². The molecule has 4 fully saturated rings. The van der Waals surface area contributed by atoms with Gasteiger partial charge in [-0.15, -0.1) is 12.6 Å². The number of carbonyl (C=O) groups is 1. The van der Waals surface area contributed by atoms with Crippen LogP contribution < -0.4 is 0 Å². The number of hydrogen-bond acceptors (Lipinski definition) is 4. The molecular formula is C16H19NO2S. The smallest absolute Gasteiger partial charge is 0.339 e. The van der Waals surface area contributed by atoms with Crippen molar-refractivity contribution >= 4 is 18.6 Å². The fourth-order valence-corrected chi connectivity index (χ4v) is 4.64. The molecule has 1 saturated carbocycles. The van der Waals surface area contributed by atoms with Crippen molar-refractivity contribution in [2.24, 2.45) is 17.8 Å². The Morgan fingerprint density at radius 3 is 2.50 bits per heavy atom. The number of benzene rings is 1. The predicted molar refractivity (Wildman–Crippen MR) is 79.0 cm³/mol. The van der Waals surface area contributed by atoms with E-state index in [1.54, 1.807) is 6.07 Å². The fourth-order valence-electron chi connectivity index (χ4n) is 4.39. The Balaban J connectivity index is 1.52. The van der Waals surface area contributed by atoms with Crippen molar-refractivity contribution in [3.8, 4) is 0 Å². The standard InChI is InChI=1S/C16H19NO2S/c18-16(13-3-1-2-4-14(13)20)19-15-11-5-10-6-12(15)9-17(7-10)8-11/h1-4,10-12,15,20H,5-9H2. The Labute approximate surface area is 124 Å². The summed E-state index contributed by atoms with van der Waals surface area (Å²) in [5.41, 5.74) is 0.588. The highest BCUT2D eigenvalue weighted by molar-refractivity contribution is 7.80. The minimum atomic E-state index is -0.205. The molecule has 1 aliphatic carbocycles. The van der Waals surface area contributed by atoms with Gasteiger partial charge in [0.15, 0.2) is 0 Å². The topological polar surface area (TPSA) is 29.5 Å². The van der Waals surface area contributed by atoms with Gasteiger partial charge in [-0.2, -0.15) is 0 Å². The van der Waals surface area contributed by atoms with Crippen molar-refractivity contribution in [1.82, 2.24) is 4.90 Å². The largest absolute Gasteiger partial charge is 0.458 e. The van der Waals surface area contributed by atoms with E-state index in [1.165, 1.54) is 19.4 Å². The van der Waals surface area contributed by atoms with Crippen LogP contribution >= 0.6 is 12.6 Å². The average molecular weight is 289 g/mol. The summed E-state index contributed by atoms with van der Waals surface area (Å²) in [6.07, 6.45) is 2.57. The number of nitrogens with zero attached hydrogens (tertiary/aromatic N) is 1. The van der Waals surface area contributed by atoms with Gasteiger partial charge in [0.1, 0.15) is 6.10 Å². The van der Waals surface area contributed by atoms with Crippen LogP contribution in [0.4, 0.5) is 0 Å². The van der Waals surface area contributed by atoms with E-state index in [0.29, 0.717) is 22.3 Å². The number of esters is 1. The monoisotopic (exact) mass is 289 g/mol. The highest BCUT2D eigenvalue weighted by Gasteiger charge is 2.49. The summed E-state index contributed by atoms with van der Waals surface area (Å²) in [7, 11) is 0. The minimum Gasteiger partial charge on any atom is -0.458 e. The molecule has 4 bridgehead atoms. The molecule has 0 aromatic heterocycles. The van der Waals surface area contributed by atoms with E-state index < -0.39 is 0 Å². The Morgan fingerprint density at radius 2 is 1.85 bits per heavy atom. The van der Waals surface area contributed by atoms with Gasteiger partial charge in [-0.25, -0.2) is 4.79 Å². The van der Waals surface area contributed by atoms with Gasteiger partial charge in [0.2, 0.25) is 0 Å². The quantitative estimate of drug-likeness (QED) is 0.670. The van der Waals surface area contributed by atoms with Crippen molar-refractivity contribution in [1.29, 1.82) is 0 Å². The van der Waals surface area contributed by atoms with Crippen LogP contribution in [0.5, 0.6) is 0 Å². The molecule has 2 unspecified atom stereocenters. The molecule has 3 nitrogen and oxygen atoms in total. The third-order valence-electron chi connectivity index (χ3n) is 5.07. The van der Waals surface area contributed by atoms with Gasteiger partial charge in [-0.3, -0.25) is 0 Å². The third kappa shape index (κ3) is 2.06. The van der Waals surface area contributed by atoms with Crippen molar-refractivity contribution in [3.63, 3.8) is 0 Å². The molecule has 4 heteroatoms. The van der Waals surface area contributed by atoms with Crippen molar-refractivity contribution in [2.75, 3.05) is 19.6 Å². The van der Waals surface area contributed by atoms with E-state index >= 15 is 0 Å². The number of carbonyl (C=O) groups excluding carboxylic acids is 1. The lowest BCUT2D eigenvalue weighted by atomic mass is 9.66.